The lowest BCUT2D eigenvalue weighted by atomic mass is 10.00. The van der Waals surface area contributed by atoms with Crippen molar-refractivity contribution in [2.24, 2.45) is 0 Å². The second kappa shape index (κ2) is 5.20. The van der Waals surface area contributed by atoms with E-state index in [0.29, 0.717) is 0 Å². The lowest BCUT2D eigenvalue weighted by molar-refractivity contribution is 1.55. The van der Waals surface area contributed by atoms with Crippen molar-refractivity contribution in [3.63, 3.8) is 0 Å². The molecule has 0 radical (unpaired) electrons. The van der Waals surface area contributed by atoms with Crippen molar-refractivity contribution in [2.75, 3.05) is 0 Å². The largest absolute Gasteiger partial charge is 0.115 e. The second-order valence-electron chi connectivity index (χ2n) is 3.37. The van der Waals surface area contributed by atoms with Gasteiger partial charge in [0, 0.05) is 5.57 Å². The topological polar surface area (TPSA) is 0 Å². The summed E-state index contributed by atoms with van der Waals surface area (Å²) in [5.41, 5.74) is 2.91. The first-order valence-corrected chi connectivity index (χ1v) is 5.71. The van der Waals surface area contributed by atoms with E-state index in [1.807, 2.05) is 60.7 Å². The summed E-state index contributed by atoms with van der Waals surface area (Å²) in [5.74, 6) is 0. The van der Waals surface area contributed by atoms with Gasteiger partial charge in [0.25, 0.3) is 0 Å². The average molecular weight is 249 g/mol. The minimum Gasteiger partial charge on any atom is -0.0702 e. The summed E-state index contributed by atoms with van der Waals surface area (Å²) >= 11 is 11.9. The fourth-order valence-corrected chi connectivity index (χ4v) is 2.03. The monoisotopic (exact) mass is 248 g/mol. The van der Waals surface area contributed by atoms with Crippen LogP contribution in [-0.4, -0.2) is 0 Å². The van der Waals surface area contributed by atoms with Gasteiger partial charge >= 0.3 is 0 Å². The van der Waals surface area contributed by atoms with Gasteiger partial charge in [-0.1, -0.05) is 83.9 Å². The summed E-state index contributed by atoms with van der Waals surface area (Å²) in [6, 6.07) is 19.8. The zero-order valence-electron chi connectivity index (χ0n) is 8.53. The second-order valence-corrected chi connectivity index (χ2v) is 4.32. The molecule has 0 spiro atoms. The van der Waals surface area contributed by atoms with Gasteiger partial charge in [0.15, 0.2) is 0 Å². The average Bonchev–Trinajstić information content (AvgIpc) is 2.31. The van der Waals surface area contributed by atoms with Gasteiger partial charge in [0.05, 0.1) is 0 Å². The third-order valence-corrected chi connectivity index (χ3v) is 2.69. The van der Waals surface area contributed by atoms with Crippen LogP contribution in [0.1, 0.15) is 11.1 Å². The van der Waals surface area contributed by atoms with Gasteiger partial charge < -0.3 is 0 Å². The SMILES string of the molecule is ClC(Cl)=C(c1ccccc1)c1ccccc1. The Kier molecular flexibility index (Phi) is 3.66. The van der Waals surface area contributed by atoms with Crippen LogP contribution < -0.4 is 0 Å². The first-order chi connectivity index (χ1) is 7.79. The van der Waals surface area contributed by atoms with Gasteiger partial charge in [0.2, 0.25) is 0 Å². The molecule has 0 saturated heterocycles. The molecule has 2 rings (SSSR count). The first kappa shape index (κ1) is 11.3. The van der Waals surface area contributed by atoms with E-state index in [2.05, 4.69) is 0 Å². The van der Waals surface area contributed by atoms with E-state index in [1.165, 1.54) is 0 Å². The summed E-state index contributed by atoms with van der Waals surface area (Å²) in [6.45, 7) is 0. The summed E-state index contributed by atoms with van der Waals surface area (Å²) in [6.07, 6.45) is 0. The van der Waals surface area contributed by atoms with Crippen LogP contribution in [0.25, 0.3) is 5.57 Å². The highest BCUT2D eigenvalue weighted by molar-refractivity contribution is 6.59. The molecule has 2 heteroatoms. The van der Waals surface area contributed by atoms with Crippen LogP contribution in [0.2, 0.25) is 0 Å². The normalized spacial score (nSPS) is 9.88. The zero-order chi connectivity index (χ0) is 11.4. The molecular formula is C14H10Cl2. The predicted molar refractivity (Wildman–Crippen MR) is 70.6 cm³/mol. The van der Waals surface area contributed by atoms with Crippen molar-refractivity contribution in [1.29, 1.82) is 0 Å². The Hall–Kier alpha value is -1.24. The molecule has 0 fully saturated rings. The maximum Gasteiger partial charge on any atom is 0.115 e. The summed E-state index contributed by atoms with van der Waals surface area (Å²) < 4.78 is 0.289. The Bertz CT molecular complexity index is 441. The molecule has 2 aromatic carbocycles. The molecule has 0 aliphatic carbocycles. The van der Waals surface area contributed by atoms with Crippen LogP contribution in [0.15, 0.2) is 65.2 Å². The molecule has 0 nitrogen and oxygen atoms in total. The predicted octanol–water partition coefficient (Wildman–Crippen LogP) is 4.88. The highest BCUT2D eigenvalue weighted by Crippen LogP contribution is 2.30. The van der Waals surface area contributed by atoms with Gasteiger partial charge in [-0.2, -0.15) is 0 Å². The highest BCUT2D eigenvalue weighted by atomic mass is 35.5. The van der Waals surface area contributed by atoms with Crippen molar-refractivity contribution >= 4 is 28.8 Å². The van der Waals surface area contributed by atoms with Gasteiger partial charge in [-0.3, -0.25) is 0 Å². The van der Waals surface area contributed by atoms with Crippen molar-refractivity contribution < 1.29 is 0 Å². The van der Waals surface area contributed by atoms with E-state index in [0.717, 1.165) is 16.7 Å². The van der Waals surface area contributed by atoms with Crippen molar-refractivity contribution in [3.05, 3.63) is 76.3 Å². The van der Waals surface area contributed by atoms with Gasteiger partial charge in [-0.15, -0.1) is 0 Å². The van der Waals surface area contributed by atoms with E-state index < -0.39 is 0 Å². The molecule has 0 bridgehead atoms. The van der Waals surface area contributed by atoms with E-state index in [1.54, 1.807) is 0 Å². The highest BCUT2D eigenvalue weighted by Gasteiger charge is 2.07. The molecule has 0 saturated carbocycles. The van der Waals surface area contributed by atoms with Gasteiger partial charge in [0.1, 0.15) is 4.49 Å². The van der Waals surface area contributed by atoms with E-state index >= 15 is 0 Å². The van der Waals surface area contributed by atoms with Crippen LogP contribution in [0.5, 0.6) is 0 Å². The molecule has 0 amide bonds. The van der Waals surface area contributed by atoms with Crippen LogP contribution in [0.4, 0.5) is 0 Å². The Morgan fingerprint density at radius 3 is 1.31 bits per heavy atom. The fourth-order valence-electron chi connectivity index (χ4n) is 1.59. The maximum atomic E-state index is 5.96. The first-order valence-electron chi connectivity index (χ1n) is 4.95. The molecule has 0 aromatic heterocycles. The lowest BCUT2D eigenvalue weighted by Crippen LogP contribution is -1.87. The van der Waals surface area contributed by atoms with E-state index in [4.69, 9.17) is 23.2 Å². The molecular weight excluding hydrogens is 239 g/mol. The Balaban J connectivity index is 2.54. The third kappa shape index (κ3) is 2.46. The number of hydrogen-bond donors (Lipinski definition) is 0. The molecule has 0 N–H and O–H groups in total. The fraction of sp³-hybridized carbons (Fsp3) is 0. The Labute approximate surface area is 105 Å². The van der Waals surface area contributed by atoms with Gasteiger partial charge in [-0.25, -0.2) is 0 Å². The Morgan fingerprint density at radius 2 is 1.00 bits per heavy atom. The zero-order valence-corrected chi connectivity index (χ0v) is 10.0. The Morgan fingerprint density at radius 1 is 0.625 bits per heavy atom. The minimum absolute atomic E-state index is 0.289. The molecule has 16 heavy (non-hydrogen) atoms. The van der Waals surface area contributed by atoms with Crippen molar-refractivity contribution in [1.82, 2.24) is 0 Å². The molecule has 0 atom stereocenters. The van der Waals surface area contributed by atoms with Gasteiger partial charge in [-0.05, 0) is 11.1 Å². The van der Waals surface area contributed by atoms with Crippen molar-refractivity contribution in [2.45, 2.75) is 0 Å². The van der Waals surface area contributed by atoms with Crippen LogP contribution in [0.3, 0.4) is 0 Å². The van der Waals surface area contributed by atoms with E-state index in [-0.39, 0.29) is 4.49 Å². The van der Waals surface area contributed by atoms with Crippen molar-refractivity contribution in [3.8, 4) is 0 Å². The standard InChI is InChI=1S/C14H10Cl2/c15-14(16)13(11-7-3-1-4-8-11)12-9-5-2-6-10-12/h1-10H. The number of rotatable bonds is 2. The molecule has 2 aromatic rings. The number of benzene rings is 2. The number of halogens is 2. The third-order valence-electron chi connectivity index (χ3n) is 2.31. The van der Waals surface area contributed by atoms with E-state index in [9.17, 15) is 0 Å². The number of hydrogen-bond acceptors (Lipinski definition) is 0. The molecule has 80 valence electrons. The smallest absolute Gasteiger partial charge is 0.0702 e. The van der Waals surface area contributed by atoms with Crippen LogP contribution in [0, 0.1) is 0 Å². The lowest BCUT2D eigenvalue weighted by Gasteiger charge is -2.08. The summed E-state index contributed by atoms with van der Waals surface area (Å²) in [5, 5.41) is 0. The molecule has 0 aliphatic rings. The summed E-state index contributed by atoms with van der Waals surface area (Å²) in [4.78, 5) is 0. The quantitative estimate of drug-likeness (QED) is 0.711. The van der Waals surface area contributed by atoms with Crippen LogP contribution >= 0.6 is 23.2 Å². The molecule has 0 unspecified atom stereocenters. The molecule has 0 aliphatic heterocycles. The maximum absolute atomic E-state index is 5.96. The molecule has 0 heterocycles. The summed E-state index contributed by atoms with van der Waals surface area (Å²) in [7, 11) is 0. The van der Waals surface area contributed by atoms with Crippen LogP contribution in [-0.2, 0) is 0 Å². The minimum atomic E-state index is 0.289.